The molecule has 38 heavy (non-hydrogen) atoms. The fourth-order valence-electron chi connectivity index (χ4n) is 4.64. The molecule has 0 spiro atoms. The maximum atomic E-state index is 13.6. The van der Waals surface area contributed by atoms with Crippen LogP contribution < -0.4 is 4.74 Å². The summed E-state index contributed by atoms with van der Waals surface area (Å²) in [5.41, 5.74) is 0.540. The number of benzene rings is 2. The lowest BCUT2D eigenvalue weighted by molar-refractivity contribution is -0.138. The Morgan fingerprint density at radius 2 is 1.97 bits per heavy atom. The van der Waals surface area contributed by atoms with Crippen molar-refractivity contribution >= 4 is 39.9 Å². The number of nitrogens with zero attached hydrogens (tertiary/aromatic N) is 4. The number of amides is 2. The van der Waals surface area contributed by atoms with E-state index in [1.165, 1.54) is 28.8 Å². The number of ether oxygens (including phenoxy) is 1. The van der Waals surface area contributed by atoms with Gasteiger partial charge in [-0.1, -0.05) is 12.1 Å². The van der Waals surface area contributed by atoms with E-state index in [0.29, 0.717) is 42.5 Å². The number of rotatable bonds is 7. The molecule has 0 N–H and O–H groups in total. The highest BCUT2D eigenvalue weighted by Crippen LogP contribution is 2.36. The first-order valence-electron chi connectivity index (χ1n) is 11.9. The number of hydrogen-bond donors (Lipinski definition) is 0. The van der Waals surface area contributed by atoms with E-state index in [1.807, 2.05) is 4.90 Å². The standard InChI is InChI=1S/C26H24F4N4O3S/c1-37-20-4-3-17(21(12-20)26(28,29)30)14-34-22-5-2-16(10-18(22)13-31-34)11-23-24(35)33(25(36)38-23)9-8-32-7-6-19(27)15-32/h2-5,10-13,19H,6-9,14-15H2,1H3. The molecule has 7 nitrogen and oxygen atoms in total. The first-order chi connectivity index (χ1) is 18.1. The van der Waals surface area contributed by atoms with Crippen LogP contribution in [0.2, 0.25) is 0 Å². The van der Waals surface area contributed by atoms with Crippen molar-refractivity contribution in [2.45, 2.75) is 25.3 Å². The maximum Gasteiger partial charge on any atom is 0.416 e. The quantitative estimate of drug-likeness (QED) is 0.299. The summed E-state index contributed by atoms with van der Waals surface area (Å²) < 4.78 is 60.7. The Labute approximate surface area is 220 Å². The molecule has 3 heterocycles. The fraction of sp³-hybridized carbons (Fsp3) is 0.346. The van der Waals surface area contributed by atoms with Crippen LogP contribution in [0, 0.1) is 0 Å². The van der Waals surface area contributed by atoms with Crippen molar-refractivity contribution in [2.75, 3.05) is 33.3 Å². The third kappa shape index (κ3) is 5.41. The summed E-state index contributed by atoms with van der Waals surface area (Å²) in [5.74, 6) is -0.282. The van der Waals surface area contributed by atoms with E-state index in [1.54, 1.807) is 30.5 Å². The molecule has 0 bridgehead atoms. The summed E-state index contributed by atoms with van der Waals surface area (Å²) in [6.45, 7) is 1.46. The van der Waals surface area contributed by atoms with Crippen LogP contribution in [-0.4, -0.2) is 70.2 Å². The summed E-state index contributed by atoms with van der Waals surface area (Å²) in [7, 11) is 1.31. The van der Waals surface area contributed by atoms with Crippen LogP contribution in [0.4, 0.5) is 22.4 Å². The monoisotopic (exact) mass is 548 g/mol. The average molecular weight is 549 g/mol. The first kappa shape index (κ1) is 26.2. The minimum absolute atomic E-state index is 0.0528. The van der Waals surface area contributed by atoms with Crippen LogP contribution in [0.15, 0.2) is 47.5 Å². The zero-order valence-corrected chi connectivity index (χ0v) is 21.2. The number of hydrogen-bond acceptors (Lipinski definition) is 6. The Morgan fingerprint density at radius 3 is 2.68 bits per heavy atom. The van der Waals surface area contributed by atoms with E-state index in [0.717, 1.165) is 17.8 Å². The average Bonchev–Trinajstić information content (AvgIpc) is 3.55. The predicted octanol–water partition coefficient (Wildman–Crippen LogP) is 5.19. The van der Waals surface area contributed by atoms with Crippen molar-refractivity contribution in [1.82, 2.24) is 19.6 Å². The van der Waals surface area contributed by atoms with Crippen LogP contribution >= 0.6 is 11.8 Å². The third-order valence-corrected chi connectivity index (χ3v) is 7.54. The van der Waals surface area contributed by atoms with Crippen LogP contribution in [-0.2, 0) is 17.5 Å². The summed E-state index contributed by atoms with van der Waals surface area (Å²) in [5, 5.41) is 4.57. The number of imide groups is 1. The molecule has 0 radical (unpaired) electrons. The summed E-state index contributed by atoms with van der Waals surface area (Å²) >= 11 is 0.847. The van der Waals surface area contributed by atoms with Gasteiger partial charge in [0.1, 0.15) is 11.9 Å². The number of carbonyl (C=O) groups is 2. The lowest BCUT2D eigenvalue weighted by Crippen LogP contribution is -2.36. The zero-order valence-electron chi connectivity index (χ0n) is 20.4. The molecule has 0 saturated carbocycles. The molecule has 12 heteroatoms. The number of carbonyl (C=O) groups excluding carboxylic acids is 2. The third-order valence-electron chi connectivity index (χ3n) is 6.63. The molecule has 2 fully saturated rings. The largest absolute Gasteiger partial charge is 0.497 e. The van der Waals surface area contributed by atoms with Gasteiger partial charge in [-0.25, -0.2) is 4.39 Å². The van der Waals surface area contributed by atoms with E-state index in [9.17, 15) is 27.2 Å². The Hall–Kier alpha value is -3.38. The number of alkyl halides is 4. The first-order valence-corrected chi connectivity index (χ1v) is 12.8. The van der Waals surface area contributed by atoms with Gasteiger partial charge in [-0.05, 0) is 59.7 Å². The fourth-order valence-corrected chi connectivity index (χ4v) is 5.51. The molecule has 1 atom stereocenters. The van der Waals surface area contributed by atoms with Gasteiger partial charge in [0.05, 0.1) is 35.8 Å². The van der Waals surface area contributed by atoms with E-state index in [2.05, 4.69) is 5.10 Å². The maximum absolute atomic E-state index is 13.6. The molecular weight excluding hydrogens is 524 g/mol. The molecule has 2 aliphatic heterocycles. The molecule has 200 valence electrons. The lowest BCUT2D eigenvalue weighted by atomic mass is 10.1. The van der Waals surface area contributed by atoms with E-state index < -0.39 is 23.8 Å². The van der Waals surface area contributed by atoms with Crippen molar-refractivity contribution in [2.24, 2.45) is 0 Å². The van der Waals surface area contributed by atoms with Gasteiger partial charge in [-0.2, -0.15) is 18.3 Å². The molecule has 2 aromatic carbocycles. The second-order valence-electron chi connectivity index (χ2n) is 9.16. The molecule has 5 rings (SSSR count). The molecule has 2 aliphatic rings. The molecule has 3 aromatic rings. The Balaban J connectivity index is 1.32. The lowest BCUT2D eigenvalue weighted by Gasteiger charge is -2.18. The number of halogens is 4. The second-order valence-corrected chi connectivity index (χ2v) is 10.2. The van der Waals surface area contributed by atoms with Crippen molar-refractivity contribution in [1.29, 1.82) is 0 Å². The van der Waals surface area contributed by atoms with Crippen LogP contribution in [0.5, 0.6) is 5.75 Å². The van der Waals surface area contributed by atoms with Crippen molar-refractivity contribution < 1.29 is 31.9 Å². The molecule has 1 unspecified atom stereocenters. The van der Waals surface area contributed by atoms with Crippen molar-refractivity contribution in [3.63, 3.8) is 0 Å². The normalized spacial score (nSPS) is 19.9. The topological polar surface area (TPSA) is 67.7 Å². The Morgan fingerprint density at radius 1 is 1.16 bits per heavy atom. The van der Waals surface area contributed by atoms with Gasteiger partial charge in [-0.3, -0.25) is 24.1 Å². The van der Waals surface area contributed by atoms with Crippen LogP contribution in [0.3, 0.4) is 0 Å². The Kier molecular flexibility index (Phi) is 7.19. The van der Waals surface area contributed by atoms with Gasteiger partial charge >= 0.3 is 6.18 Å². The number of fused-ring (bicyclic) bond motifs is 1. The molecular formula is C26H24F4N4O3S. The van der Waals surface area contributed by atoms with Gasteiger partial charge in [-0.15, -0.1) is 0 Å². The summed E-state index contributed by atoms with van der Waals surface area (Å²) in [4.78, 5) is 28.6. The van der Waals surface area contributed by atoms with Gasteiger partial charge in [0.25, 0.3) is 11.1 Å². The van der Waals surface area contributed by atoms with Gasteiger partial charge in [0, 0.05) is 31.6 Å². The zero-order chi connectivity index (χ0) is 27.0. The number of likely N-dealkylation sites (tertiary alicyclic amines) is 1. The summed E-state index contributed by atoms with van der Waals surface area (Å²) in [6.07, 6.45) is -1.80. The van der Waals surface area contributed by atoms with Gasteiger partial charge in [0.2, 0.25) is 0 Å². The van der Waals surface area contributed by atoms with Crippen molar-refractivity contribution in [3.05, 3.63) is 64.2 Å². The van der Waals surface area contributed by atoms with E-state index in [4.69, 9.17) is 4.74 Å². The number of thioether (sulfide) groups is 1. The Bertz CT molecular complexity index is 1420. The summed E-state index contributed by atoms with van der Waals surface area (Å²) in [6, 6.07) is 9.02. The molecule has 2 saturated heterocycles. The molecule has 0 aliphatic carbocycles. The minimum atomic E-state index is -4.55. The van der Waals surface area contributed by atoms with E-state index >= 15 is 0 Å². The van der Waals surface area contributed by atoms with Gasteiger partial charge in [0.15, 0.2) is 0 Å². The van der Waals surface area contributed by atoms with Crippen LogP contribution in [0.25, 0.3) is 17.0 Å². The minimum Gasteiger partial charge on any atom is -0.497 e. The van der Waals surface area contributed by atoms with Crippen LogP contribution in [0.1, 0.15) is 23.1 Å². The van der Waals surface area contributed by atoms with E-state index in [-0.39, 0.29) is 34.5 Å². The van der Waals surface area contributed by atoms with Crippen molar-refractivity contribution in [3.8, 4) is 5.75 Å². The highest BCUT2D eigenvalue weighted by atomic mass is 32.2. The predicted molar refractivity (Wildman–Crippen MR) is 135 cm³/mol. The SMILES string of the molecule is COc1ccc(Cn2ncc3cc(C=C4SC(=O)N(CCN5CCC(F)C5)C4=O)ccc32)c(C(F)(F)F)c1. The highest BCUT2D eigenvalue weighted by Gasteiger charge is 2.36. The second kappa shape index (κ2) is 10.4. The highest BCUT2D eigenvalue weighted by molar-refractivity contribution is 8.18. The van der Waals surface area contributed by atoms with Gasteiger partial charge < -0.3 is 4.74 Å². The molecule has 2 amide bonds. The smallest absolute Gasteiger partial charge is 0.416 e. The number of methoxy groups -OCH3 is 1. The molecule has 1 aromatic heterocycles. The number of aromatic nitrogens is 2.